The van der Waals surface area contributed by atoms with Gasteiger partial charge in [-0.15, -0.1) is 0 Å². The molecule has 152 valence electrons. The molecule has 1 heterocycles. The molecule has 4 aromatic rings. The lowest BCUT2D eigenvalue weighted by atomic mass is 10.2. The number of fused-ring (bicyclic) bond motifs is 1. The van der Waals surface area contributed by atoms with Crippen LogP contribution < -0.4 is 10.5 Å². The van der Waals surface area contributed by atoms with Gasteiger partial charge in [-0.05, 0) is 43.2 Å². The Hall–Kier alpha value is -3.80. The number of hydrogen-bond acceptors (Lipinski definition) is 4. The Morgan fingerprint density at radius 3 is 2.60 bits per heavy atom. The van der Waals surface area contributed by atoms with Crippen LogP contribution in [-0.4, -0.2) is 27.2 Å². The molecule has 0 saturated carbocycles. The number of ether oxygens (including phenoxy) is 1. The number of carboxylic acids is 1. The summed E-state index contributed by atoms with van der Waals surface area (Å²) in [7, 11) is 0. The van der Waals surface area contributed by atoms with Gasteiger partial charge in [0.2, 0.25) is 0 Å². The van der Waals surface area contributed by atoms with E-state index in [1.807, 2.05) is 72.8 Å². The van der Waals surface area contributed by atoms with Gasteiger partial charge in [-0.2, -0.15) is 0 Å². The van der Waals surface area contributed by atoms with E-state index in [0.29, 0.717) is 25.1 Å². The molecule has 6 nitrogen and oxygen atoms in total. The van der Waals surface area contributed by atoms with Crippen molar-refractivity contribution >= 4 is 22.7 Å². The first-order chi connectivity index (χ1) is 14.6. The number of carbonyl (C=O) groups is 1. The zero-order chi connectivity index (χ0) is 20.9. The summed E-state index contributed by atoms with van der Waals surface area (Å²) in [6.45, 7) is 0.469. The molecule has 30 heavy (non-hydrogen) atoms. The molecule has 0 aliphatic carbocycles. The lowest BCUT2D eigenvalue weighted by Crippen LogP contribution is -2.01. The SMILES string of the molecule is Nc1cccc(-n2c(-c3ccccc3)nc3ccc(OCCCCC(=O)O)cc32)c1. The zero-order valence-electron chi connectivity index (χ0n) is 16.5. The molecule has 0 unspecified atom stereocenters. The molecule has 0 fully saturated rings. The third-order valence-electron chi connectivity index (χ3n) is 4.84. The van der Waals surface area contributed by atoms with Gasteiger partial charge in [0.25, 0.3) is 0 Å². The molecule has 0 bridgehead atoms. The second-order valence-corrected chi connectivity index (χ2v) is 7.08. The van der Waals surface area contributed by atoms with E-state index < -0.39 is 5.97 Å². The summed E-state index contributed by atoms with van der Waals surface area (Å²) < 4.78 is 7.95. The van der Waals surface area contributed by atoms with Gasteiger partial charge in [-0.25, -0.2) is 4.98 Å². The van der Waals surface area contributed by atoms with E-state index in [4.69, 9.17) is 20.6 Å². The van der Waals surface area contributed by atoms with Crippen LogP contribution in [0.5, 0.6) is 5.75 Å². The number of aromatic nitrogens is 2. The molecule has 3 N–H and O–H groups in total. The number of anilines is 1. The molecule has 0 aliphatic heterocycles. The van der Waals surface area contributed by atoms with E-state index in [-0.39, 0.29) is 6.42 Å². The molecule has 0 radical (unpaired) electrons. The third kappa shape index (κ3) is 4.27. The number of nitrogen functional groups attached to an aromatic ring is 1. The zero-order valence-corrected chi connectivity index (χ0v) is 16.5. The van der Waals surface area contributed by atoms with E-state index in [1.165, 1.54) is 0 Å². The van der Waals surface area contributed by atoms with Crippen molar-refractivity contribution in [1.82, 2.24) is 9.55 Å². The summed E-state index contributed by atoms with van der Waals surface area (Å²) in [5, 5.41) is 8.74. The maximum atomic E-state index is 10.6. The van der Waals surface area contributed by atoms with Gasteiger partial charge in [0.15, 0.2) is 0 Å². The van der Waals surface area contributed by atoms with E-state index in [9.17, 15) is 4.79 Å². The van der Waals surface area contributed by atoms with E-state index >= 15 is 0 Å². The highest BCUT2D eigenvalue weighted by molar-refractivity contribution is 5.84. The summed E-state index contributed by atoms with van der Waals surface area (Å²) in [4.78, 5) is 15.5. The average molecular weight is 401 g/mol. The van der Waals surface area contributed by atoms with Crippen LogP contribution >= 0.6 is 0 Å². The lowest BCUT2D eigenvalue weighted by Gasteiger charge is -2.11. The smallest absolute Gasteiger partial charge is 0.303 e. The number of carboxylic acid groups (broad SMARTS) is 1. The number of imidazole rings is 1. The molecule has 6 heteroatoms. The highest BCUT2D eigenvalue weighted by atomic mass is 16.5. The molecule has 4 rings (SSSR count). The van der Waals surface area contributed by atoms with Crippen molar-refractivity contribution in [2.24, 2.45) is 0 Å². The van der Waals surface area contributed by atoms with Gasteiger partial charge in [0.1, 0.15) is 11.6 Å². The second-order valence-electron chi connectivity index (χ2n) is 7.08. The van der Waals surface area contributed by atoms with E-state index in [1.54, 1.807) is 0 Å². The van der Waals surface area contributed by atoms with Crippen molar-refractivity contribution in [2.75, 3.05) is 12.3 Å². The number of nitrogens with zero attached hydrogens (tertiary/aromatic N) is 2. The predicted molar refractivity (Wildman–Crippen MR) is 118 cm³/mol. The fraction of sp³-hybridized carbons (Fsp3) is 0.167. The van der Waals surface area contributed by atoms with Crippen LogP contribution in [0, 0.1) is 0 Å². The first-order valence-electron chi connectivity index (χ1n) is 9.90. The summed E-state index contributed by atoms with van der Waals surface area (Å²) in [6.07, 6.45) is 1.44. The van der Waals surface area contributed by atoms with Crippen molar-refractivity contribution in [3.05, 3.63) is 72.8 Å². The third-order valence-corrected chi connectivity index (χ3v) is 4.84. The van der Waals surface area contributed by atoms with Crippen LogP contribution in [-0.2, 0) is 4.79 Å². The van der Waals surface area contributed by atoms with Crippen molar-refractivity contribution in [3.8, 4) is 22.8 Å². The molecule has 0 saturated heterocycles. The van der Waals surface area contributed by atoms with E-state index in [0.717, 1.165) is 33.9 Å². The van der Waals surface area contributed by atoms with E-state index in [2.05, 4.69) is 4.57 Å². The number of unbranched alkanes of at least 4 members (excludes halogenated alkanes) is 1. The van der Waals surface area contributed by atoms with Gasteiger partial charge >= 0.3 is 5.97 Å². The number of nitrogens with two attached hydrogens (primary N) is 1. The molecule has 1 aromatic heterocycles. The second kappa shape index (κ2) is 8.69. The summed E-state index contributed by atoms with van der Waals surface area (Å²) in [6, 6.07) is 23.5. The van der Waals surface area contributed by atoms with Crippen LogP contribution in [0.2, 0.25) is 0 Å². The van der Waals surface area contributed by atoms with Crippen LogP contribution in [0.15, 0.2) is 72.8 Å². The van der Waals surface area contributed by atoms with Crippen LogP contribution in [0.1, 0.15) is 19.3 Å². The molecule has 0 aliphatic rings. The molecule has 0 amide bonds. The summed E-state index contributed by atoms with van der Waals surface area (Å²) in [5.41, 5.74) is 10.4. The summed E-state index contributed by atoms with van der Waals surface area (Å²) >= 11 is 0. The quantitative estimate of drug-likeness (QED) is 0.323. The Kier molecular flexibility index (Phi) is 5.66. The topological polar surface area (TPSA) is 90.4 Å². The normalized spacial score (nSPS) is 10.9. The van der Waals surface area contributed by atoms with Crippen LogP contribution in [0.4, 0.5) is 5.69 Å². The molecular formula is C24H23N3O3. The van der Waals surface area contributed by atoms with Crippen molar-refractivity contribution in [1.29, 1.82) is 0 Å². The maximum absolute atomic E-state index is 10.6. The first kappa shape index (κ1) is 19.5. The molecule has 0 atom stereocenters. The van der Waals surface area contributed by atoms with Crippen molar-refractivity contribution in [2.45, 2.75) is 19.3 Å². The number of aliphatic carboxylic acids is 1. The molecule has 0 spiro atoms. The predicted octanol–water partition coefficient (Wildman–Crippen LogP) is 4.91. The van der Waals surface area contributed by atoms with Gasteiger partial charge in [-0.1, -0.05) is 36.4 Å². The fourth-order valence-electron chi connectivity index (χ4n) is 3.42. The number of rotatable bonds is 8. The number of benzene rings is 3. The van der Waals surface area contributed by atoms with Gasteiger partial charge in [0, 0.05) is 29.4 Å². The Bertz CT molecular complexity index is 1170. The molecule has 3 aromatic carbocycles. The minimum Gasteiger partial charge on any atom is -0.494 e. The number of hydrogen-bond donors (Lipinski definition) is 2. The Morgan fingerprint density at radius 2 is 1.83 bits per heavy atom. The average Bonchev–Trinajstić information content (AvgIpc) is 3.13. The highest BCUT2D eigenvalue weighted by Crippen LogP contribution is 2.31. The fourth-order valence-corrected chi connectivity index (χ4v) is 3.42. The van der Waals surface area contributed by atoms with Gasteiger partial charge < -0.3 is 15.6 Å². The van der Waals surface area contributed by atoms with Crippen LogP contribution in [0.25, 0.3) is 28.1 Å². The maximum Gasteiger partial charge on any atom is 0.303 e. The largest absolute Gasteiger partial charge is 0.494 e. The van der Waals surface area contributed by atoms with Gasteiger partial charge in [-0.3, -0.25) is 9.36 Å². The van der Waals surface area contributed by atoms with Crippen molar-refractivity contribution in [3.63, 3.8) is 0 Å². The minimum atomic E-state index is -0.782. The highest BCUT2D eigenvalue weighted by Gasteiger charge is 2.15. The summed E-state index contributed by atoms with van der Waals surface area (Å²) in [5.74, 6) is 0.771. The Labute approximate surface area is 174 Å². The minimum absolute atomic E-state index is 0.158. The standard InChI is InChI=1S/C24H23N3O3/c25-18-9-6-10-19(15-18)27-22-16-20(30-14-5-4-11-23(28)29)12-13-21(22)26-24(27)17-7-2-1-3-8-17/h1-3,6-10,12-13,15-16H,4-5,11,14,25H2,(H,28,29). The van der Waals surface area contributed by atoms with Crippen LogP contribution in [0.3, 0.4) is 0 Å². The van der Waals surface area contributed by atoms with Crippen molar-refractivity contribution < 1.29 is 14.6 Å². The Balaban J connectivity index is 1.71. The molecular weight excluding hydrogens is 378 g/mol. The monoisotopic (exact) mass is 401 g/mol. The van der Waals surface area contributed by atoms with Gasteiger partial charge in [0.05, 0.1) is 17.6 Å². The lowest BCUT2D eigenvalue weighted by molar-refractivity contribution is -0.137. The first-order valence-corrected chi connectivity index (χ1v) is 9.90. The Morgan fingerprint density at radius 1 is 1.00 bits per heavy atom.